The molecule has 0 amide bonds. The zero-order valence-corrected chi connectivity index (χ0v) is 8.45. The molecule has 5 nitrogen and oxygen atoms in total. The van der Waals surface area contributed by atoms with E-state index in [1.165, 1.54) is 0 Å². The van der Waals surface area contributed by atoms with Crippen LogP contribution in [0, 0.1) is 0 Å². The van der Waals surface area contributed by atoms with E-state index in [0.29, 0.717) is 0 Å². The van der Waals surface area contributed by atoms with Crippen LogP contribution in [0.4, 0.5) is 0 Å². The Morgan fingerprint density at radius 1 is 0.812 bits per heavy atom. The van der Waals surface area contributed by atoms with Crippen molar-refractivity contribution in [2.75, 3.05) is 0 Å². The van der Waals surface area contributed by atoms with Gasteiger partial charge in [-0.3, -0.25) is 9.59 Å². The quantitative estimate of drug-likeness (QED) is 0.471. The third-order valence-corrected chi connectivity index (χ3v) is 2.60. The Balaban J connectivity index is 2.94. The van der Waals surface area contributed by atoms with E-state index in [4.69, 9.17) is 11.6 Å². The highest BCUT2D eigenvalue weighted by Crippen LogP contribution is 2.46. The standard InChI is InChI=1S/C10H5ClO5/c11-7-8(14)5-3(12)1-2-4(13)6(5)9(15)10(7)16/h1-2,14-16H. The van der Waals surface area contributed by atoms with Crippen molar-refractivity contribution in [3.8, 4) is 17.2 Å². The lowest BCUT2D eigenvalue weighted by Gasteiger charge is -2.14. The molecule has 16 heavy (non-hydrogen) atoms. The Kier molecular flexibility index (Phi) is 2.13. The number of aromatic hydroxyl groups is 3. The zero-order valence-electron chi connectivity index (χ0n) is 7.69. The Bertz CT molecular complexity index is 510. The van der Waals surface area contributed by atoms with Crippen molar-refractivity contribution in [2.45, 2.75) is 0 Å². The van der Waals surface area contributed by atoms with E-state index in [1.807, 2.05) is 0 Å². The topological polar surface area (TPSA) is 94.8 Å². The molecular formula is C10H5ClO5. The van der Waals surface area contributed by atoms with Crippen LogP contribution in [0.15, 0.2) is 12.2 Å². The number of phenols is 3. The molecule has 0 unspecified atom stereocenters. The fraction of sp³-hybridized carbons (Fsp3) is 0. The number of benzene rings is 1. The van der Waals surface area contributed by atoms with E-state index in [-0.39, 0.29) is 0 Å². The predicted molar refractivity (Wildman–Crippen MR) is 54.2 cm³/mol. The number of rotatable bonds is 0. The molecule has 6 heteroatoms. The molecule has 0 saturated heterocycles. The van der Waals surface area contributed by atoms with E-state index in [2.05, 4.69) is 0 Å². The van der Waals surface area contributed by atoms with Gasteiger partial charge in [0.1, 0.15) is 10.8 Å². The highest BCUT2D eigenvalue weighted by atomic mass is 35.5. The normalized spacial score (nSPS) is 14.1. The maximum Gasteiger partial charge on any atom is 0.190 e. The Morgan fingerprint density at radius 3 is 1.75 bits per heavy atom. The van der Waals surface area contributed by atoms with Crippen molar-refractivity contribution < 1.29 is 24.9 Å². The number of allylic oxidation sites excluding steroid dienone is 2. The van der Waals surface area contributed by atoms with Crippen LogP contribution in [-0.4, -0.2) is 26.9 Å². The van der Waals surface area contributed by atoms with Gasteiger partial charge in [-0.05, 0) is 12.2 Å². The summed E-state index contributed by atoms with van der Waals surface area (Å²) >= 11 is 5.49. The molecule has 1 aliphatic rings. The highest BCUT2D eigenvalue weighted by molar-refractivity contribution is 6.36. The average molecular weight is 241 g/mol. The van der Waals surface area contributed by atoms with Crippen molar-refractivity contribution >= 4 is 23.2 Å². The van der Waals surface area contributed by atoms with Crippen LogP contribution < -0.4 is 0 Å². The lowest BCUT2D eigenvalue weighted by molar-refractivity contribution is 0.0988. The van der Waals surface area contributed by atoms with Gasteiger partial charge in [0.2, 0.25) is 0 Å². The summed E-state index contributed by atoms with van der Waals surface area (Å²) in [5.41, 5.74) is -0.834. The summed E-state index contributed by atoms with van der Waals surface area (Å²) in [6.45, 7) is 0. The molecule has 1 aromatic rings. The minimum Gasteiger partial charge on any atom is -0.505 e. The van der Waals surface area contributed by atoms with Crippen LogP contribution in [0.25, 0.3) is 0 Å². The fourth-order valence-electron chi connectivity index (χ4n) is 1.48. The second kappa shape index (κ2) is 3.24. The average Bonchev–Trinajstić information content (AvgIpc) is 2.26. The summed E-state index contributed by atoms with van der Waals surface area (Å²) in [6.07, 6.45) is 1.90. The Morgan fingerprint density at radius 2 is 1.25 bits per heavy atom. The van der Waals surface area contributed by atoms with Gasteiger partial charge in [-0.15, -0.1) is 0 Å². The van der Waals surface area contributed by atoms with Gasteiger partial charge in [0.05, 0.1) is 11.1 Å². The number of hydrogen-bond donors (Lipinski definition) is 3. The number of hydrogen-bond acceptors (Lipinski definition) is 5. The lowest BCUT2D eigenvalue weighted by atomic mass is 9.92. The van der Waals surface area contributed by atoms with E-state index >= 15 is 0 Å². The zero-order chi connectivity index (χ0) is 12.0. The molecule has 0 bridgehead atoms. The lowest BCUT2D eigenvalue weighted by Crippen LogP contribution is -2.12. The number of carbonyl (C=O) groups excluding carboxylic acids is 2. The minimum absolute atomic E-state index is 0.396. The first-order valence-corrected chi connectivity index (χ1v) is 4.56. The van der Waals surface area contributed by atoms with Gasteiger partial charge in [0.15, 0.2) is 23.1 Å². The van der Waals surface area contributed by atoms with E-state index in [1.54, 1.807) is 0 Å². The molecule has 0 aromatic heterocycles. The summed E-state index contributed by atoms with van der Waals surface area (Å²) in [6, 6.07) is 0. The number of ketones is 2. The second-order valence-electron chi connectivity index (χ2n) is 3.17. The first-order chi connectivity index (χ1) is 7.45. The molecule has 2 rings (SSSR count). The molecule has 0 fully saturated rings. The third kappa shape index (κ3) is 1.18. The van der Waals surface area contributed by atoms with Crippen molar-refractivity contribution in [3.63, 3.8) is 0 Å². The number of carbonyl (C=O) groups is 2. The molecule has 3 N–H and O–H groups in total. The van der Waals surface area contributed by atoms with Gasteiger partial charge < -0.3 is 15.3 Å². The van der Waals surface area contributed by atoms with Crippen molar-refractivity contribution in [3.05, 3.63) is 28.3 Å². The summed E-state index contributed by atoms with van der Waals surface area (Å²) in [5, 5.41) is 27.8. The Hall–Kier alpha value is -2.01. The molecule has 82 valence electrons. The van der Waals surface area contributed by atoms with Gasteiger partial charge in [-0.25, -0.2) is 0 Å². The smallest absolute Gasteiger partial charge is 0.190 e. The largest absolute Gasteiger partial charge is 0.505 e. The SMILES string of the molecule is O=C1C=CC(=O)c2c(O)c(Cl)c(O)c(O)c21. The van der Waals surface area contributed by atoms with Crippen LogP contribution in [-0.2, 0) is 0 Å². The number of fused-ring (bicyclic) bond motifs is 1. The highest BCUT2D eigenvalue weighted by Gasteiger charge is 2.31. The van der Waals surface area contributed by atoms with Gasteiger partial charge in [0, 0.05) is 0 Å². The fourth-order valence-corrected chi connectivity index (χ4v) is 1.66. The van der Waals surface area contributed by atoms with E-state index in [0.717, 1.165) is 12.2 Å². The third-order valence-electron chi connectivity index (χ3n) is 2.24. The molecule has 1 aromatic carbocycles. The maximum absolute atomic E-state index is 11.4. The summed E-state index contributed by atoms with van der Waals surface area (Å²) < 4.78 is 0. The van der Waals surface area contributed by atoms with Crippen LogP contribution in [0.2, 0.25) is 5.02 Å². The molecule has 0 saturated carbocycles. The van der Waals surface area contributed by atoms with E-state index < -0.39 is 45.0 Å². The second-order valence-corrected chi connectivity index (χ2v) is 3.55. The van der Waals surface area contributed by atoms with Crippen molar-refractivity contribution in [2.24, 2.45) is 0 Å². The molecule has 0 radical (unpaired) electrons. The van der Waals surface area contributed by atoms with Gasteiger partial charge in [0.25, 0.3) is 0 Å². The van der Waals surface area contributed by atoms with Crippen LogP contribution in [0.1, 0.15) is 20.7 Å². The molecule has 1 aliphatic carbocycles. The first kappa shape index (κ1) is 10.5. The number of phenolic OH excluding ortho intramolecular Hbond substituents is 3. The van der Waals surface area contributed by atoms with Crippen molar-refractivity contribution in [1.29, 1.82) is 0 Å². The summed E-state index contributed by atoms with van der Waals surface area (Å²) in [4.78, 5) is 22.8. The molecule has 0 spiro atoms. The van der Waals surface area contributed by atoms with Crippen molar-refractivity contribution in [1.82, 2.24) is 0 Å². The van der Waals surface area contributed by atoms with Gasteiger partial charge >= 0.3 is 0 Å². The van der Waals surface area contributed by atoms with Gasteiger partial charge in [-0.1, -0.05) is 11.6 Å². The Labute approximate surface area is 94.2 Å². The minimum atomic E-state index is -0.825. The van der Waals surface area contributed by atoms with Crippen LogP contribution >= 0.6 is 11.6 Å². The molecule has 0 atom stereocenters. The number of halogens is 1. The molecular weight excluding hydrogens is 236 g/mol. The van der Waals surface area contributed by atoms with E-state index in [9.17, 15) is 24.9 Å². The maximum atomic E-state index is 11.4. The molecule has 0 aliphatic heterocycles. The monoisotopic (exact) mass is 240 g/mol. The van der Waals surface area contributed by atoms with Gasteiger partial charge in [-0.2, -0.15) is 0 Å². The predicted octanol–water partition coefficient (Wildman–Crippen LogP) is 1.39. The van der Waals surface area contributed by atoms with Crippen LogP contribution in [0.5, 0.6) is 17.2 Å². The first-order valence-electron chi connectivity index (χ1n) is 4.18. The molecule has 0 heterocycles. The van der Waals surface area contributed by atoms with Crippen LogP contribution in [0.3, 0.4) is 0 Å². The summed E-state index contributed by atoms with van der Waals surface area (Å²) in [5.74, 6) is -3.69. The summed E-state index contributed by atoms with van der Waals surface area (Å²) in [7, 11) is 0.